The van der Waals surface area contributed by atoms with Gasteiger partial charge in [-0.1, -0.05) is 0 Å². The van der Waals surface area contributed by atoms with E-state index in [9.17, 15) is 0 Å². The molecular formula is C5H11O2Ti. The molecule has 0 bridgehead atoms. The Bertz CT molecular complexity index is 47.7. The van der Waals surface area contributed by atoms with E-state index in [1.165, 1.54) is 0 Å². The van der Waals surface area contributed by atoms with E-state index in [-0.39, 0.29) is 0 Å². The minimum absolute atomic E-state index is 0.324. The molecule has 0 N–H and O–H groups in total. The van der Waals surface area contributed by atoms with E-state index in [0.717, 1.165) is 0 Å². The van der Waals surface area contributed by atoms with Crippen LogP contribution in [-0.2, 0) is 28.9 Å². The normalized spacial score (nSPS) is 10.2. The van der Waals surface area contributed by atoms with Crippen molar-refractivity contribution in [1.29, 1.82) is 0 Å². The van der Waals surface area contributed by atoms with Crippen molar-refractivity contribution in [3.05, 3.63) is 0 Å². The molecule has 0 aliphatic heterocycles. The maximum absolute atomic E-state index is 5.16. The Morgan fingerprint density at radius 1 is 1.38 bits per heavy atom. The van der Waals surface area contributed by atoms with Crippen LogP contribution in [0.5, 0.6) is 0 Å². The van der Waals surface area contributed by atoms with Gasteiger partial charge in [0, 0.05) is 0 Å². The molecule has 0 aromatic rings. The Balaban J connectivity index is 2.72. The topological polar surface area (TPSA) is 18.5 Å². The molecule has 0 aliphatic rings. The molecule has 0 aromatic heterocycles. The zero-order chi connectivity index (χ0) is 6.41. The van der Waals surface area contributed by atoms with Gasteiger partial charge in [-0.2, -0.15) is 0 Å². The Hall–Kier alpha value is 0.634. The first-order valence-corrected chi connectivity index (χ1v) is 3.31. The Morgan fingerprint density at radius 2 is 2.00 bits per heavy atom. The van der Waals surface area contributed by atoms with Crippen LogP contribution in [-0.4, -0.2) is 19.3 Å². The van der Waals surface area contributed by atoms with E-state index >= 15 is 0 Å². The first-order valence-electron chi connectivity index (χ1n) is 2.67. The predicted octanol–water partition coefficient (Wildman–Crippen LogP) is 0.890. The summed E-state index contributed by atoms with van der Waals surface area (Å²) in [5.74, 6) is 0. The quantitative estimate of drug-likeness (QED) is 0.438. The van der Waals surface area contributed by atoms with E-state index in [0.29, 0.717) is 19.3 Å². The van der Waals surface area contributed by atoms with Crippen molar-refractivity contribution in [1.82, 2.24) is 0 Å². The van der Waals surface area contributed by atoms with Crippen molar-refractivity contribution < 1.29 is 28.9 Å². The zero-order valence-corrected chi connectivity index (χ0v) is 6.87. The van der Waals surface area contributed by atoms with Crippen LogP contribution in [0.15, 0.2) is 0 Å². The van der Waals surface area contributed by atoms with E-state index in [2.05, 4.69) is 0 Å². The van der Waals surface area contributed by atoms with Gasteiger partial charge in [0.15, 0.2) is 0 Å². The second-order valence-electron chi connectivity index (χ2n) is 1.77. The van der Waals surface area contributed by atoms with E-state index in [1.54, 1.807) is 20.8 Å². The van der Waals surface area contributed by atoms with Crippen molar-refractivity contribution >= 4 is 0 Å². The van der Waals surface area contributed by atoms with Crippen LogP contribution in [0, 0.1) is 0 Å². The average Bonchev–Trinajstić information content (AvgIpc) is 1.66. The molecule has 0 saturated heterocycles. The summed E-state index contributed by atoms with van der Waals surface area (Å²) in [6.07, 6.45) is 0.324. The van der Waals surface area contributed by atoms with Crippen LogP contribution >= 0.6 is 0 Å². The van der Waals surface area contributed by atoms with Crippen LogP contribution in [0.25, 0.3) is 0 Å². The summed E-state index contributed by atoms with van der Waals surface area (Å²) in [4.78, 5) is 0. The van der Waals surface area contributed by atoms with Gasteiger partial charge in [-0.15, -0.1) is 0 Å². The number of ether oxygens (including phenoxy) is 1. The molecule has 0 spiro atoms. The minimum atomic E-state index is 0.324. The van der Waals surface area contributed by atoms with E-state index < -0.39 is 0 Å². The van der Waals surface area contributed by atoms with Gasteiger partial charge in [-0.3, -0.25) is 0 Å². The van der Waals surface area contributed by atoms with Gasteiger partial charge in [0.2, 0.25) is 0 Å². The van der Waals surface area contributed by atoms with Crippen LogP contribution in [0.3, 0.4) is 0 Å². The van der Waals surface area contributed by atoms with Gasteiger partial charge in [-0.25, -0.2) is 0 Å². The zero-order valence-electron chi connectivity index (χ0n) is 5.31. The summed E-state index contributed by atoms with van der Waals surface area (Å²) in [6, 6.07) is 0. The first kappa shape index (κ1) is 8.63. The fourth-order valence-corrected chi connectivity index (χ4v) is 0.456. The molecule has 47 valence electrons. The Kier molecular flexibility index (Phi) is 6.22. The molecule has 0 radical (unpaired) electrons. The second-order valence-corrected chi connectivity index (χ2v) is 2.22. The third-order valence-electron chi connectivity index (χ3n) is 0.637. The molecule has 0 rings (SSSR count). The summed E-state index contributed by atoms with van der Waals surface area (Å²) in [6.45, 7) is 5.41. The van der Waals surface area contributed by atoms with Crippen molar-refractivity contribution in [2.24, 2.45) is 0 Å². The van der Waals surface area contributed by atoms with Crippen LogP contribution in [0.4, 0.5) is 0 Å². The summed E-state index contributed by atoms with van der Waals surface area (Å²) in [7, 11) is 0. The molecule has 0 aliphatic carbocycles. The standard InChI is InChI=1S/C5H11O2.Ti/c1-5(2)7-4-3-6;/h5H,3-4H2,1-2H3;/q-1;+1. The molecule has 0 unspecified atom stereocenters. The van der Waals surface area contributed by atoms with Crippen molar-refractivity contribution in [2.45, 2.75) is 20.0 Å². The third kappa shape index (κ3) is 6.63. The molecule has 3 heteroatoms. The molecular weight excluding hydrogens is 140 g/mol. The van der Waals surface area contributed by atoms with Crippen LogP contribution in [0.2, 0.25) is 0 Å². The fraction of sp³-hybridized carbons (Fsp3) is 1.00. The maximum atomic E-state index is 5.16. The van der Waals surface area contributed by atoms with Gasteiger partial charge in [-0.05, 0) is 0 Å². The van der Waals surface area contributed by atoms with E-state index in [4.69, 9.17) is 8.06 Å². The van der Waals surface area contributed by atoms with Gasteiger partial charge in [0.1, 0.15) is 0 Å². The van der Waals surface area contributed by atoms with Gasteiger partial charge in [0.05, 0.1) is 0 Å². The van der Waals surface area contributed by atoms with Crippen LogP contribution in [0.1, 0.15) is 13.8 Å². The first-order chi connectivity index (χ1) is 3.77. The summed E-state index contributed by atoms with van der Waals surface area (Å²) < 4.78 is 9.92. The molecule has 2 nitrogen and oxygen atoms in total. The molecule has 0 aromatic carbocycles. The Labute approximate surface area is 62.4 Å². The molecule has 0 heterocycles. The molecule has 0 amide bonds. The Morgan fingerprint density at radius 3 is 2.38 bits per heavy atom. The molecule has 8 heavy (non-hydrogen) atoms. The van der Waals surface area contributed by atoms with Crippen molar-refractivity contribution in [2.75, 3.05) is 13.2 Å². The SMILES string of the molecule is CC(C)OCC[O][Ti]. The second kappa shape index (κ2) is 5.77. The van der Waals surface area contributed by atoms with Crippen molar-refractivity contribution in [3.63, 3.8) is 0 Å². The van der Waals surface area contributed by atoms with Gasteiger partial charge < -0.3 is 0 Å². The summed E-state index contributed by atoms with van der Waals surface area (Å²) in [5, 5.41) is 0. The number of hydrogen-bond acceptors (Lipinski definition) is 2. The van der Waals surface area contributed by atoms with Gasteiger partial charge in [0.25, 0.3) is 0 Å². The molecule has 0 saturated carbocycles. The molecule has 0 fully saturated rings. The number of rotatable bonds is 4. The average molecular weight is 151 g/mol. The number of hydrogen-bond donors (Lipinski definition) is 0. The monoisotopic (exact) mass is 151 g/mol. The predicted molar refractivity (Wildman–Crippen MR) is 27.0 cm³/mol. The third-order valence-corrected chi connectivity index (χ3v) is 0.955. The van der Waals surface area contributed by atoms with E-state index in [1.807, 2.05) is 13.8 Å². The molecule has 0 atom stereocenters. The summed E-state index contributed by atoms with van der Waals surface area (Å²) >= 11 is 1.67. The fourth-order valence-electron chi connectivity index (χ4n) is 0.325. The van der Waals surface area contributed by atoms with Crippen molar-refractivity contribution in [3.8, 4) is 0 Å². The summed E-state index contributed by atoms with van der Waals surface area (Å²) in [5.41, 5.74) is 0. The van der Waals surface area contributed by atoms with Gasteiger partial charge >= 0.3 is 62.0 Å². The van der Waals surface area contributed by atoms with Crippen LogP contribution < -0.4 is 0 Å².